The number of aromatic nitrogens is 1. The molecule has 5 aromatic carbocycles. The average Bonchev–Trinajstić information content (AvgIpc) is 3.40. The van der Waals surface area contributed by atoms with E-state index in [1.807, 2.05) is 66.7 Å². The molecule has 0 unspecified atom stereocenters. The second-order valence-corrected chi connectivity index (χ2v) is 14.1. The van der Waals surface area contributed by atoms with E-state index in [4.69, 9.17) is 11.6 Å². The van der Waals surface area contributed by atoms with Crippen LogP contribution < -0.4 is 4.72 Å². The molecular weight excluding hydrogens is 674 g/mol. The van der Waals surface area contributed by atoms with Crippen LogP contribution in [0.4, 0.5) is 5.69 Å². The van der Waals surface area contributed by atoms with Crippen LogP contribution in [0.15, 0.2) is 132 Å². The second-order valence-electron chi connectivity index (χ2n) is 11.9. The molecule has 0 saturated carbocycles. The first-order valence-corrected chi connectivity index (χ1v) is 18.0. The molecule has 6 rings (SSSR count). The van der Waals surface area contributed by atoms with Crippen molar-refractivity contribution in [2.45, 2.75) is 36.6 Å². The summed E-state index contributed by atoms with van der Waals surface area (Å²) in [5, 5.41) is 22.5. The molecule has 0 spiro atoms. The Kier molecular flexibility index (Phi) is 10.4. The fourth-order valence-electron chi connectivity index (χ4n) is 6.51. The van der Waals surface area contributed by atoms with Gasteiger partial charge in [0.15, 0.2) is 4.90 Å². The minimum Gasteiger partial charge on any atom is -0.478 e. The van der Waals surface area contributed by atoms with Gasteiger partial charge >= 0.3 is 5.97 Å². The van der Waals surface area contributed by atoms with E-state index in [-0.39, 0.29) is 24.6 Å². The van der Waals surface area contributed by atoms with E-state index in [1.54, 1.807) is 12.1 Å². The van der Waals surface area contributed by atoms with Gasteiger partial charge < -0.3 is 9.67 Å². The van der Waals surface area contributed by atoms with Crippen molar-refractivity contribution in [1.29, 1.82) is 0 Å². The van der Waals surface area contributed by atoms with Gasteiger partial charge in [-0.3, -0.25) is 10.1 Å². The molecule has 0 saturated heterocycles. The summed E-state index contributed by atoms with van der Waals surface area (Å²) in [6.45, 7) is -0.0155. The van der Waals surface area contributed by atoms with E-state index in [0.29, 0.717) is 17.9 Å². The summed E-state index contributed by atoms with van der Waals surface area (Å²) in [6.07, 6.45) is 2.34. The molecule has 0 amide bonds. The molecule has 9 nitrogen and oxygen atoms in total. The monoisotopic (exact) mass is 707 g/mol. The van der Waals surface area contributed by atoms with Gasteiger partial charge in [0.1, 0.15) is 0 Å². The molecule has 11 heteroatoms. The van der Waals surface area contributed by atoms with Crippen molar-refractivity contribution in [2.24, 2.45) is 0 Å². The predicted octanol–water partition coefficient (Wildman–Crippen LogP) is 8.24. The maximum absolute atomic E-state index is 13.4. The van der Waals surface area contributed by atoms with Crippen LogP contribution in [0.3, 0.4) is 0 Å². The van der Waals surface area contributed by atoms with Gasteiger partial charge in [0, 0.05) is 40.7 Å². The number of aryl methyl sites for hydroxylation is 2. The number of rotatable bonds is 14. The normalized spacial score (nSPS) is 11.6. The third kappa shape index (κ3) is 7.47. The zero-order chi connectivity index (χ0) is 35.3. The Morgan fingerprint density at radius 2 is 1.44 bits per heavy atom. The van der Waals surface area contributed by atoms with E-state index >= 15 is 0 Å². The number of nitrogens with zero attached hydrogens (tertiary/aromatic N) is 2. The van der Waals surface area contributed by atoms with Crippen molar-refractivity contribution in [3.05, 3.63) is 176 Å². The minimum atomic E-state index is -4.22. The highest BCUT2D eigenvalue weighted by Crippen LogP contribution is 2.38. The molecule has 0 aliphatic rings. The predicted molar refractivity (Wildman–Crippen MR) is 194 cm³/mol. The largest absolute Gasteiger partial charge is 0.478 e. The fraction of sp³-hybridized carbons (Fsp3) is 0.154. The number of fused-ring (bicyclic) bond motifs is 1. The fourth-order valence-corrected chi connectivity index (χ4v) is 7.89. The lowest BCUT2D eigenvalue weighted by Gasteiger charge is -2.25. The van der Waals surface area contributed by atoms with Crippen molar-refractivity contribution in [3.63, 3.8) is 0 Å². The van der Waals surface area contributed by atoms with Crippen LogP contribution in [0.5, 0.6) is 0 Å². The Bertz CT molecular complexity index is 2220. The summed E-state index contributed by atoms with van der Waals surface area (Å²) in [4.78, 5) is 21.9. The molecule has 0 aliphatic carbocycles. The maximum atomic E-state index is 13.4. The first-order valence-electron chi connectivity index (χ1n) is 16.1. The number of benzene rings is 5. The summed E-state index contributed by atoms with van der Waals surface area (Å²) >= 11 is 6.60. The van der Waals surface area contributed by atoms with Crippen LogP contribution >= 0.6 is 11.6 Å². The van der Waals surface area contributed by atoms with Gasteiger partial charge in [0.25, 0.3) is 5.69 Å². The van der Waals surface area contributed by atoms with Gasteiger partial charge in [-0.05, 0) is 77.9 Å². The second kappa shape index (κ2) is 15.1. The first-order chi connectivity index (χ1) is 24.1. The number of aromatic carboxylic acids is 1. The lowest BCUT2D eigenvalue weighted by Crippen LogP contribution is -2.28. The standard InChI is InChI=1S/C39H34ClN3O6S/c40-31-22-23-34-33(26-31)32(15-9-10-27-18-20-30(21-19-27)39(44)45)35(24-25-41-50(48,49)37-17-8-7-16-36(37)43(46)47)42(34)38(28-11-3-1-4-12-28)29-13-5-2-6-14-29/h1-8,11-14,16-23,26,38,41H,9-10,15,24-25H2,(H,44,45). The number of hydrogen-bond donors (Lipinski definition) is 2. The number of carboxylic acid groups (broad SMARTS) is 1. The van der Waals surface area contributed by atoms with Gasteiger partial charge in [0.2, 0.25) is 10.0 Å². The number of hydrogen-bond acceptors (Lipinski definition) is 5. The van der Waals surface area contributed by atoms with Crippen LogP contribution in [-0.4, -0.2) is 35.5 Å². The highest BCUT2D eigenvalue weighted by Gasteiger charge is 2.28. The quantitative estimate of drug-likeness (QED) is 0.0866. The molecule has 2 N–H and O–H groups in total. The maximum Gasteiger partial charge on any atom is 0.335 e. The third-order valence-corrected chi connectivity index (χ3v) is 10.5. The van der Waals surface area contributed by atoms with Crippen LogP contribution in [-0.2, 0) is 29.3 Å². The Labute approximate surface area is 295 Å². The molecule has 0 radical (unpaired) electrons. The van der Waals surface area contributed by atoms with E-state index in [0.717, 1.165) is 45.3 Å². The number of carboxylic acids is 1. The highest BCUT2D eigenvalue weighted by atomic mass is 35.5. The van der Waals surface area contributed by atoms with Crippen molar-refractivity contribution >= 4 is 44.2 Å². The van der Waals surface area contributed by atoms with E-state index in [1.165, 1.54) is 24.3 Å². The third-order valence-electron chi connectivity index (χ3n) is 8.77. The van der Waals surface area contributed by atoms with Crippen LogP contribution in [0.2, 0.25) is 5.02 Å². The van der Waals surface area contributed by atoms with Crippen LogP contribution in [0, 0.1) is 10.1 Å². The van der Waals surface area contributed by atoms with E-state index in [9.17, 15) is 28.4 Å². The molecule has 0 atom stereocenters. The first kappa shape index (κ1) is 34.6. The SMILES string of the molecule is O=C(O)c1ccc(CCCc2c(CCNS(=O)(=O)c3ccccc3[N+](=O)[O-])n(C(c3ccccc3)c3ccccc3)c3ccc(Cl)cc23)cc1. The van der Waals surface area contributed by atoms with Crippen LogP contribution in [0.1, 0.15) is 50.8 Å². The highest BCUT2D eigenvalue weighted by molar-refractivity contribution is 7.89. The van der Waals surface area contributed by atoms with Crippen molar-refractivity contribution in [1.82, 2.24) is 9.29 Å². The summed E-state index contributed by atoms with van der Waals surface area (Å²) in [5.74, 6) is -0.977. The van der Waals surface area contributed by atoms with Gasteiger partial charge in [-0.2, -0.15) is 0 Å². The number of nitrogens with one attached hydrogen (secondary N) is 1. The molecule has 6 aromatic rings. The van der Waals surface area contributed by atoms with E-state index < -0.39 is 31.5 Å². The Morgan fingerprint density at radius 1 is 0.820 bits per heavy atom. The van der Waals surface area contributed by atoms with Gasteiger partial charge in [-0.1, -0.05) is 96.5 Å². The molecule has 1 aromatic heterocycles. The van der Waals surface area contributed by atoms with Crippen molar-refractivity contribution in [2.75, 3.05) is 6.54 Å². The van der Waals surface area contributed by atoms with Crippen molar-refractivity contribution in [3.8, 4) is 0 Å². The number of para-hydroxylation sites is 1. The van der Waals surface area contributed by atoms with Crippen molar-refractivity contribution < 1.29 is 23.2 Å². The number of sulfonamides is 1. The minimum absolute atomic E-state index is 0.0155. The lowest BCUT2D eigenvalue weighted by molar-refractivity contribution is -0.387. The Hall–Kier alpha value is -5.29. The summed E-state index contributed by atoms with van der Waals surface area (Å²) in [5.41, 5.74) is 5.68. The summed E-state index contributed by atoms with van der Waals surface area (Å²) in [6, 6.07) is 37.8. The molecule has 254 valence electrons. The molecule has 0 aliphatic heterocycles. The lowest BCUT2D eigenvalue weighted by atomic mass is 9.97. The zero-order valence-corrected chi connectivity index (χ0v) is 28.5. The Morgan fingerprint density at radius 3 is 2.06 bits per heavy atom. The van der Waals surface area contributed by atoms with Gasteiger partial charge in [-0.25, -0.2) is 17.9 Å². The number of halogens is 1. The van der Waals surface area contributed by atoms with Crippen LogP contribution in [0.25, 0.3) is 10.9 Å². The topological polar surface area (TPSA) is 132 Å². The molecule has 0 fully saturated rings. The van der Waals surface area contributed by atoms with Gasteiger partial charge in [-0.15, -0.1) is 0 Å². The summed E-state index contributed by atoms with van der Waals surface area (Å²) < 4.78 is 31.7. The number of nitro benzene ring substituents is 1. The van der Waals surface area contributed by atoms with E-state index in [2.05, 4.69) is 33.6 Å². The molecule has 1 heterocycles. The average molecular weight is 708 g/mol. The Balaban J connectivity index is 1.44. The smallest absolute Gasteiger partial charge is 0.335 e. The summed E-state index contributed by atoms with van der Waals surface area (Å²) in [7, 11) is -4.22. The molecule has 0 bridgehead atoms. The zero-order valence-electron chi connectivity index (χ0n) is 26.9. The number of nitro groups is 1. The molecule has 50 heavy (non-hydrogen) atoms. The number of carbonyl (C=O) groups is 1. The molecular formula is C39H34ClN3O6S. The van der Waals surface area contributed by atoms with Gasteiger partial charge in [0.05, 0.1) is 16.5 Å².